The summed E-state index contributed by atoms with van der Waals surface area (Å²) in [6.07, 6.45) is 7.61. The van der Waals surface area contributed by atoms with Crippen molar-refractivity contribution >= 4 is 0 Å². The molecule has 1 aromatic rings. The molecular formula is C15H23. The maximum atomic E-state index is 2.41. The van der Waals surface area contributed by atoms with Crippen LogP contribution < -0.4 is 0 Å². The van der Waals surface area contributed by atoms with E-state index in [1.54, 1.807) is 0 Å². The van der Waals surface area contributed by atoms with Gasteiger partial charge in [-0.05, 0) is 55.9 Å². The Bertz CT molecular complexity index is 310. The lowest BCUT2D eigenvalue weighted by Crippen LogP contribution is -1.94. The minimum absolute atomic E-state index is 1.22. The summed E-state index contributed by atoms with van der Waals surface area (Å²) in [4.78, 5) is 0. The minimum atomic E-state index is 1.22. The summed E-state index contributed by atoms with van der Waals surface area (Å²) in [7, 11) is 0. The second-order valence-electron chi connectivity index (χ2n) is 4.44. The first-order valence-electron chi connectivity index (χ1n) is 6.06. The molecule has 0 saturated heterocycles. The Labute approximate surface area is 94.7 Å². The second-order valence-corrected chi connectivity index (χ2v) is 4.44. The molecular weight excluding hydrogens is 180 g/mol. The van der Waals surface area contributed by atoms with E-state index in [9.17, 15) is 0 Å². The molecule has 1 rings (SSSR count). The number of benzene rings is 1. The highest BCUT2D eigenvalue weighted by molar-refractivity contribution is 5.43. The van der Waals surface area contributed by atoms with Crippen molar-refractivity contribution in [3.05, 3.63) is 40.8 Å². The molecule has 83 valence electrons. The van der Waals surface area contributed by atoms with Crippen molar-refractivity contribution in [1.82, 2.24) is 0 Å². The van der Waals surface area contributed by atoms with Crippen molar-refractivity contribution in [2.24, 2.45) is 0 Å². The summed E-state index contributed by atoms with van der Waals surface area (Å²) < 4.78 is 0. The summed E-state index contributed by atoms with van der Waals surface area (Å²) in [5.74, 6) is 0. The van der Waals surface area contributed by atoms with E-state index in [1.807, 2.05) is 0 Å². The average Bonchev–Trinajstić information content (AvgIpc) is 2.23. The van der Waals surface area contributed by atoms with Gasteiger partial charge in [-0.15, -0.1) is 0 Å². The molecule has 0 N–H and O–H groups in total. The van der Waals surface area contributed by atoms with E-state index in [-0.39, 0.29) is 0 Å². The summed E-state index contributed by atoms with van der Waals surface area (Å²) in [5.41, 5.74) is 5.73. The predicted molar refractivity (Wildman–Crippen MR) is 68.2 cm³/mol. The van der Waals surface area contributed by atoms with Gasteiger partial charge in [0, 0.05) is 0 Å². The maximum absolute atomic E-state index is 2.41. The van der Waals surface area contributed by atoms with Gasteiger partial charge < -0.3 is 0 Å². The van der Waals surface area contributed by atoms with Gasteiger partial charge in [0.2, 0.25) is 0 Å². The lowest BCUT2D eigenvalue weighted by atomic mass is 9.94. The third-order valence-electron chi connectivity index (χ3n) is 3.16. The maximum Gasteiger partial charge on any atom is -0.00875 e. The Morgan fingerprint density at radius 3 is 2.33 bits per heavy atom. The average molecular weight is 203 g/mol. The van der Waals surface area contributed by atoms with Gasteiger partial charge in [-0.3, -0.25) is 0 Å². The first-order chi connectivity index (χ1) is 7.16. The van der Waals surface area contributed by atoms with E-state index in [1.165, 1.54) is 47.9 Å². The van der Waals surface area contributed by atoms with Gasteiger partial charge in [0.05, 0.1) is 0 Å². The predicted octanol–water partition coefficient (Wildman–Crippen LogP) is 4.74. The molecule has 0 aliphatic rings. The molecule has 0 heteroatoms. The fraction of sp³-hybridized carbons (Fsp3) is 0.533. The number of unbranched alkanes of at least 4 members (excludes halogenated alkanes) is 3. The van der Waals surface area contributed by atoms with Crippen molar-refractivity contribution in [2.45, 2.75) is 53.4 Å². The first-order valence-corrected chi connectivity index (χ1v) is 6.06. The summed E-state index contributed by atoms with van der Waals surface area (Å²) in [6.45, 7) is 8.88. The molecule has 1 aromatic carbocycles. The van der Waals surface area contributed by atoms with E-state index >= 15 is 0 Å². The number of hydrogen-bond donors (Lipinski definition) is 0. The summed E-state index contributed by atoms with van der Waals surface area (Å²) in [6, 6.07) is 4.45. The van der Waals surface area contributed by atoms with E-state index in [0.29, 0.717) is 0 Å². The van der Waals surface area contributed by atoms with Crippen LogP contribution in [0.1, 0.15) is 54.9 Å². The quantitative estimate of drug-likeness (QED) is 0.606. The Morgan fingerprint density at radius 1 is 1.00 bits per heavy atom. The highest BCUT2D eigenvalue weighted by Gasteiger charge is 2.04. The van der Waals surface area contributed by atoms with Gasteiger partial charge in [-0.1, -0.05) is 38.3 Å². The van der Waals surface area contributed by atoms with Crippen LogP contribution in [-0.2, 0) is 0 Å². The second kappa shape index (κ2) is 5.95. The van der Waals surface area contributed by atoms with Crippen LogP contribution in [0.5, 0.6) is 0 Å². The van der Waals surface area contributed by atoms with Gasteiger partial charge >= 0.3 is 0 Å². The molecule has 0 saturated carbocycles. The lowest BCUT2D eigenvalue weighted by molar-refractivity contribution is 0.714. The zero-order valence-corrected chi connectivity index (χ0v) is 10.6. The summed E-state index contributed by atoms with van der Waals surface area (Å²) in [5, 5.41) is 0. The molecule has 0 aromatic heterocycles. The molecule has 0 aliphatic carbocycles. The molecule has 0 nitrogen and oxygen atoms in total. The smallest absolute Gasteiger partial charge is 0.00875 e. The zero-order valence-electron chi connectivity index (χ0n) is 10.6. The van der Waals surface area contributed by atoms with Crippen LogP contribution in [0.2, 0.25) is 0 Å². The summed E-state index contributed by atoms with van der Waals surface area (Å²) >= 11 is 0. The van der Waals surface area contributed by atoms with Crippen LogP contribution in [0.15, 0.2) is 12.1 Å². The van der Waals surface area contributed by atoms with Crippen molar-refractivity contribution in [3.8, 4) is 0 Å². The van der Waals surface area contributed by atoms with Crippen LogP contribution in [0.25, 0.3) is 0 Å². The van der Waals surface area contributed by atoms with Crippen molar-refractivity contribution in [3.63, 3.8) is 0 Å². The molecule has 0 bridgehead atoms. The lowest BCUT2D eigenvalue weighted by Gasteiger charge is -2.11. The molecule has 0 aliphatic heterocycles. The zero-order chi connectivity index (χ0) is 11.3. The van der Waals surface area contributed by atoms with Crippen LogP contribution in [0, 0.1) is 27.2 Å². The van der Waals surface area contributed by atoms with Crippen LogP contribution in [0.4, 0.5) is 0 Å². The van der Waals surface area contributed by atoms with Gasteiger partial charge in [-0.2, -0.15) is 0 Å². The molecule has 0 heterocycles. The Hall–Kier alpha value is -0.780. The molecule has 0 spiro atoms. The normalized spacial score (nSPS) is 10.7. The highest BCUT2D eigenvalue weighted by atomic mass is 14.1. The first kappa shape index (κ1) is 12.3. The van der Waals surface area contributed by atoms with Crippen LogP contribution >= 0.6 is 0 Å². The van der Waals surface area contributed by atoms with Gasteiger partial charge in [0.25, 0.3) is 0 Å². The van der Waals surface area contributed by atoms with Gasteiger partial charge in [-0.25, -0.2) is 0 Å². The molecule has 0 atom stereocenters. The molecule has 0 unspecified atom stereocenters. The standard InChI is InChI=1S/C15H23/c1-5-6-7-8-9-15-13(3)11-10-12(2)14(15)4/h9-11H,5-8H2,1-4H3. The van der Waals surface area contributed by atoms with Crippen molar-refractivity contribution in [1.29, 1.82) is 0 Å². The monoisotopic (exact) mass is 203 g/mol. The highest BCUT2D eigenvalue weighted by Crippen LogP contribution is 2.21. The van der Waals surface area contributed by atoms with E-state index < -0.39 is 0 Å². The van der Waals surface area contributed by atoms with Crippen molar-refractivity contribution in [2.75, 3.05) is 0 Å². The van der Waals surface area contributed by atoms with E-state index in [0.717, 1.165) is 0 Å². The fourth-order valence-corrected chi connectivity index (χ4v) is 1.93. The number of rotatable bonds is 5. The van der Waals surface area contributed by atoms with Crippen LogP contribution in [0.3, 0.4) is 0 Å². The Kier molecular flexibility index (Phi) is 4.87. The minimum Gasteiger partial charge on any atom is -0.0654 e. The molecule has 0 amide bonds. The van der Waals surface area contributed by atoms with E-state index in [2.05, 4.69) is 46.2 Å². The van der Waals surface area contributed by atoms with Crippen molar-refractivity contribution < 1.29 is 0 Å². The SMILES string of the molecule is CCCCC[CH]c1c(C)ccc(C)c1C. The molecule has 1 radical (unpaired) electrons. The Morgan fingerprint density at radius 2 is 1.67 bits per heavy atom. The fourth-order valence-electron chi connectivity index (χ4n) is 1.93. The third kappa shape index (κ3) is 3.37. The number of hydrogen-bond acceptors (Lipinski definition) is 0. The van der Waals surface area contributed by atoms with E-state index in [4.69, 9.17) is 0 Å². The van der Waals surface area contributed by atoms with Gasteiger partial charge in [0.15, 0.2) is 0 Å². The van der Waals surface area contributed by atoms with Crippen LogP contribution in [-0.4, -0.2) is 0 Å². The molecule has 0 fully saturated rings. The largest absolute Gasteiger partial charge is 0.0654 e. The number of aryl methyl sites for hydroxylation is 2. The topological polar surface area (TPSA) is 0 Å². The third-order valence-corrected chi connectivity index (χ3v) is 3.16. The van der Waals surface area contributed by atoms with Gasteiger partial charge in [0.1, 0.15) is 0 Å². The molecule has 15 heavy (non-hydrogen) atoms. The Balaban J connectivity index is 2.63.